The van der Waals surface area contributed by atoms with Gasteiger partial charge in [-0.25, -0.2) is 4.98 Å². The summed E-state index contributed by atoms with van der Waals surface area (Å²) in [7, 11) is 1.79. The summed E-state index contributed by atoms with van der Waals surface area (Å²) >= 11 is 0. The van der Waals surface area contributed by atoms with Crippen LogP contribution in [0.3, 0.4) is 0 Å². The van der Waals surface area contributed by atoms with Crippen LogP contribution in [-0.2, 0) is 20.9 Å². The number of likely N-dealkylation sites (N-methyl/N-ethyl adjacent to an activating group) is 1. The maximum absolute atomic E-state index is 12.4. The van der Waals surface area contributed by atoms with E-state index < -0.39 is 11.9 Å². The van der Waals surface area contributed by atoms with Crippen molar-refractivity contribution in [3.8, 4) is 0 Å². The van der Waals surface area contributed by atoms with Gasteiger partial charge in [0, 0.05) is 32.8 Å². The van der Waals surface area contributed by atoms with Crippen molar-refractivity contribution in [2.45, 2.75) is 46.7 Å². The number of nitrogens with one attached hydrogen (secondary N) is 2. The van der Waals surface area contributed by atoms with Gasteiger partial charge in [0.2, 0.25) is 5.91 Å². The Balaban J connectivity index is 0. The second kappa shape index (κ2) is 15.8. The summed E-state index contributed by atoms with van der Waals surface area (Å²) < 4.78 is 0. The van der Waals surface area contributed by atoms with Crippen LogP contribution in [-0.4, -0.2) is 74.3 Å². The molecule has 10 heteroatoms. The topological polar surface area (TPSA) is 156 Å². The first-order valence-electron chi connectivity index (χ1n) is 8.49. The van der Waals surface area contributed by atoms with E-state index in [-0.39, 0.29) is 18.6 Å². The third-order valence-electron chi connectivity index (χ3n) is 2.93. The molecular formula is C17H32N4O6. The largest absolute Gasteiger partial charge is 0.481 e. The van der Waals surface area contributed by atoms with Crippen LogP contribution in [0, 0.1) is 5.92 Å². The lowest BCUT2D eigenvalue weighted by Gasteiger charge is -2.26. The van der Waals surface area contributed by atoms with E-state index in [0.717, 1.165) is 26.1 Å². The van der Waals surface area contributed by atoms with Crippen molar-refractivity contribution in [1.29, 1.82) is 0 Å². The van der Waals surface area contributed by atoms with Gasteiger partial charge >= 0.3 is 0 Å². The van der Waals surface area contributed by atoms with Crippen LogP contribution in [0.5, 0.6) is 0 Å². The Morgan fingerprint density at radius 1 is 1.22 bits per heavy atom. The van der Waals surface area contributed by atoms with Gasteiger partial charge in [-0.05, 0) is 19.4 Å². The Morgan fingerprint density at radius 3 is 2.07 bits per heavy atom. The normalized spacial score (nSPS) is 10.8. The summed E-state index contributed by atoms with van der Waals surface area (Å²) in [5, 5.41) is 27.0. The standard InChI is InChI=1S/C13H24N4O2.2C2H4O2/c1-10(2)8-11(14-3)13(19)17(6-7-18)9-12-15-4-5-16-12;2*1-2(3)4/h4-5,10-11,14,18H,6-9H2,1-3H3,(H,15,16);2*1H3,(H,3,4)/t11-;;/m0../s1. The Hall–Kier alpha value is -2.46. The van der Waals surface area contributed by atoms with Gasteiger partial charge in [-0.3, -0.25) is 14.4 Å². The lowest BCUT2D eigenvalue weighted by Crippen LogP contribution is -2.46. The molecule has 0 fully saturated rings. The van der Waals surface area contributed by atoms with Crippen LogP contribution < -0.4 is 5.32 Å². The number of aromatic nitrogens is 2. The number of imidazole rings is 1. The number of carboxylic acids is 2. The molecule has 0 aliphatic rings. The molecule has 1 heterocycles. The number of nitrogens with zero attached hydrogens (tertiary/aromatic N) is 2. The van der Waals surface area contributed by atoms with Gasteiger partial charge in [-0.15, -0.1) is 0 Å². The molecule has 0 bridgehead atoms. The first kappa shape index (κ1) is 26.8. The number of aliphatic carboxylic acids is 2. The number of H-pyrrole nitrogens is 1. The van der Waals surface area contributed by atoms with E-state index in [1.54, 1.807) is 24.3 Å². The lowest BCUT2D eigenvalue weighted by atomic mass is 10.0. The molecule has 0 aliphatic heterocycles. The molecule has 0 saturated heterocycles. The maximum Gasteiger partial charge on any atom is 0.300 e. The number of hydrogen-bond donors (Lipinski definition) is 5. The molecule has 10 nitrogen and oxygen atoms in total. The molecule has 0 spiro atoms. The van der Waals surface area contributed by atoms with E-state index in [1.807, 2.05) is 0 Å². The van der Waals surface area contributed by atoms with Gasteiger partial charge in [-0.2, -0.15) is 0 Å². The van der Waals surface area contributed by atoms with Gasteiger partial charge in [0.05, 0.1) is 19.2 Å². The van der Waals surface area contributed by atoms with Gasteiger partial charge in [-0.1, -0.05) is 13.8 Å². The smallest absolute Gasteiger partial charge is 0.300 e. The number of carboxylic acid groups (broad SMARTS) is 2. The van der Waals surface area contributed by atoms with Gasteiger partial charge in [0.15, 0.2) is 0 Å². The maximum atomic E-state index is 12.4. The highest BCUT2D eigenvalue weighted by atomic mass is 16.4. The molecule has 1 aromatic heterocycles. The predicted molar refractivity (Wildman–Crippen MR) is 100 cm³/mol. The third-order valence-corrected chi connectivity index (χ3v) is 2.93. The fraction of sp³-hybridized carbons (Fsp3) is 0.647. The van der Waals surface area contributed by atoms with Crippen molar-refractivity contribution in [1.82, 2.24) is 20.2 Å². The number of hydrogen-bond acceptors (Lipinski definition) is 6. The highest BCUT2D eigenvalue weighted by Crippen LogP contribution is 2.09. The zero-order valence-corrected chi connectivity index (χ0v) is 16.6. The zero-order chi connectivity index (χ0) is 21.4. The first-order valence-corrected chi connectivity index (χ1v) is 8.49. The Morgan fingerprint density at radius 2 is 1.74 bits per heavy atom. The average molecular weight is 388 g/mol. The molecule has 0 radical (unpaired) electrons. The number of amides is 1. The minimum absolute atomic E-state index is 0.00153. The van der Waals surface area contributed by atoms with Crippen LogP contribution in [0.2, 0.25) is 0 Å². The molecule has 0 aromatic carbocycles. The van der Waals surface area contributed by atoms with Crippen LogP contribution in [0.4, 0.5) is 0 Å². The molecule has 5 N–H and O–H groups in total. The minimum Gasteiger partial charge on any atom is -0.481 e. The SMILES string of the molecule is CC(=O)O.CC(=O)O.CN[C@@H](CC(C)C)C(=O)N(CCO)Cc1ncc[nH]1. The summed E-state index contributed by atoms with van der Waals surface area (Å²) in [6.45, 7) is 6.99. The number of carbonyl (C=O) groups excluding carboxylic acids is 1. The van der Waals surface area contributed by atoms with Gasteiger partial charge in [0.1, 0.15) is 5.82 Å². The number of carbonyl (C=O) groups is 3. The Kier molecular flexibility index (Phi) is 15.6. The van der Waals surface area contributed by atoms with E-state index in [9.17, 15) is 4.79 Å². The van der Waals surface area contributed by atoms with E-state index in [1.165, 1.54) is 0 Å². The number of aliphatic hydroxyl groups excluding tert-OH is 1. The first-order chi connectivity index (χ1) is 12.5. The van der Waals surface area contributed by atoms with E-state index >= 15 is 0 Å². The Bertz CT molecular complexity index is 514. The molecule has 27 heavy (non-hydrogen) atoms. The lowest BCUT2D eigenvalue weighted by molar-refractivity contribution is -0.135. The fourth-order valence-electron chi connectivity index (χ4n) is 1.99. The van der Waals surface area contributed by atoms with Crippen molar-refractivity contribution in [3.05, 3.63) is 18.2 Å². The van der Waals surface area contributed by atoms with Crippen molar-refractivity contribution in [3.63, 3.8) is 0 Å². The summed E-state index contributed by atoms with van der Waals surface area (Å²) in [6.07, 6.45) is 4.15. The van der Waals surface area contributed by atoms with Gasteiger partial charge < -0.3 is 30.5 Å². The van der Waals surface area contributed by atoms with Crippen LogP contribution in [0.25, 0.3) is 0 Å². The van der Waals surface area contributed by atoms with E-state index in [0.29, 0.717) is 19.0 Å². The number of aliphatic hydroxyl groups is 1. The second-order valence-corrected chi connectivity index (χ2v) is 6.03. The molecule has 1 aromatic rings. The van der Waals surface area contributed by atoms with Crippen LogP contribution in [0.15, 0.2) is 12.4 Å². The monoisotopic (exact) mass is 388 g/mol. The minimum atomic E-state index is -0.833. The summed E-state index contributed by atoms with van der Waals surface area (Å²) in [4.78, 5) is 39.2. The molecule has 156 valence electrons. The van der Waals surface area contributed by atoms with E-state index in [2.05, 4.69) is 29.1 Å². The summed E-state index contributed by atoms with van der Waals surface area (Å²) in [5.74, 6) is -0.510. The molecule has 0 unspecified atom stereocenters. The van der Waals surface area contributed by atoms with Crippen LogP contribution in [0.1, 0.15) is 39.9 Å². The quantitative estimate of drug-likeness (QED) is 0.432. The Labute approximate surface area is 159 Å². The highest BCUT2D eigenvalue weighted by Gasteiger charge is 2.24. The zero-order valence-electron chi connectivity index (χ0n) is 16.6. The fourth-order valence-corrected chi connectivity index (χ4v) is 1.99. The molecule has 1 amide bonds. The molecule has 1 atom stereocenters. The molecule has 0 saturated carbocycles. The van der Waals surface area contributed by atoms with Crippen molar-refractivity contribution < 1.29 is 29.7 Å². The van der Waals surface area contributed by atoms with Gasteiger partial charge in [0.25, 0.3) is 11.9 Å². The molecule has 0 aliphatic carbocycles. The summed E-state index contributed by atoms with van der Waals surface area (Å²) in [6, 6.07) is -0.221. The molecule has 1 rings (SSSR count). The average Bonchev–Trinajstić information content (AvgIpc) is 3.03. The molecular weight excluding hydrogens is 356 g/mol. The predicted octanol–water partition coefficient (Wildman–Crippen LogP) is 0.547. The second-order valence-electron chi connectivity index (χ2n) is 6.03. The number of rotatable bonds is 8. The third kappa shape index (κ3) is 16.7. The van der Waals surface area contributed by atoms with Crippen molar-refractivity contribution in [2.24, 2.45) is 5.92 Å². The van der Waals surface area contributed by atoms with Crippen molar-refractivity contribution in [2.75, 3.05) is 20.2 Å². The highest BCUT2D eigenvalue weighted by molar-refractivity contribution is 5.81. The summed E-state index contributed by atoms with van der Waals surface area (Å²) in [5.41, 5.74) is 0. The van der Waals surface area contributed by atoms with Crippen LogP contribution >= 0.6 is 0 Å². The van der Waals surface area contributed by atoms with Crippen molar-refractivity contribution >= 4 is 17.8 Å². The number of aromatic amines is 1. The van der Waals surface area contributed by atoms with E-state index in [4.69, 9.17) is 24.9 Å².